The molecular formula is C59H78F2N6O9. The fourth-order valence-corrected chi connectivity index (χ4v) is 10.8. The minimum atomic E-state index is -0.685. The van der Waals surface area contributed by atoms with Gasteiger partial charge in [-0.25, -0.2) is 18.4 Å². The summed E-state index contributed by atoms with van der Waals surface area (Å²) < 4.78 is 37.6. The average Bonchev–Trinajstić information content (AvgIpc) is 4.12. The number of aliphatic hydroxyl groups excluding tert-OH is 3. The quantitative estimate of drug-likeness (QED) is 0.114. The summed E-state index contributed by atoms with van der Waals surface area (Å²) in [5.41, 5.74) is 10.8. The SMILES string of the molecule is CC(C)(C)OC(=O)N1C[C@@H](CCC(=O)N2CCc3ccccc3[C@@H]2c2ccc(F)cc2)[C@@H](O)C1.CC(C)(C)OC(=O)N1C[C@@H](CN)[C@@H](O)C1.O=C(CC[C@@H]1CNC[C@@H]1O)N1CCc2ccccc2[C@@H]1c1ccc(F)cc1. The zero-order chi connectivity index (χ0) is 54.9. The first kappa shape index (κ1) is 57.7. The van der Waals surface area contributed by atoms with E-state index in [1.807, 2.05) is 81.7 Å². The van der Waals surface area contributed by atoms with E-state index in [2.05, 4.69) is 23.5 Å². The smallest absolute Gasteiger partial charge is 0.410 e. The summed E-state index contributed by atoms with van der Waals surface area (Å²) in [5, 5.41) is 33.2. The molecule has 5 aliphatic rings. The molecule has 76 heavy (non-hydrogen) atoms. The molecule has 0 radical (unpaired) electrons. The molecule has 4 aromatic rings. The number of likely N-dealkylation sites (tertiary alicyclic amines) is 2. The summed E-state index contributed by atoms with van der Waals surface area (Å²) in [6.45, 7) is 15.2. The molecule has 0 aliphatic carbocycles. The van der Waals surface area contributed by atoms with E-state index >= 15 is 0 Å². The molecule has 4 amide bonds. The maximum Gasteiger partial charge on any atom is 0.410 e. The molecule has 9 rings (SSSR count). The van der Waals surface area contributed by atoms with Crippen LogP contribution in [0, 0.1) is 29.4 Å². The van der Waals surface area contributed by atoms with Crippen molar-refractivity contribution in [1.29, 1.82) is 0 Å². The summed E-state index contributed by atoms with van der Waals surface area (Å²) in [5.74, 6) is -0.575. The molecule has 0 saturated carbocycles. The van der Waals surface area contributed by atoms with Crippen molar-refractivity contribution in [3.63, 3.8) is 0 Å². The van der Waals surface area contributed by atoms with E-state index in [0.717, 1.165) is 41.6 Å². The van der Waals surface area contributed by atoms with E-state index in [1.165, 1.54) is 45.2 Å². The Morgan fingerprint density at radius 1 is 0.566 bits per heavy atom. The number of ether oxygens (including phenoxy) is 2. The van der Waals surface area contributed by atoms with Crippen molar-refractivity contribution in [1.82, 2.24) is 24.9 Å². The van der Waals surface area contributed by atoms with Crippen molar-refractivity contribution >= 4 is 24.0 Å². The Morgan fingerprint density at radius 2 is 0.974 bits per heavy atom. The van der Waals surface area contributed by atoms with Crippen LogP contribution in [0.25, 0.3) is 0 Å². The van der Waals surface area contributed by atoms with Gasteiger partial charge >= 0.3 is 12.2 Å². The van der Waals surface area contributed by atoms with E-state index in [0.29, 0.717) is 65.1 Å². The second kappa shape index (κ2) is 25.4. The van der Waals surface area contributed by atoms with Crippen LogP contribution in [0.4, 0.5) is 18.4 Å². The molecule has 4 aromatic carbocycles. The van der Waals surface area contributed by atoms with Gasteiger partial charge in [0.15, 0.2) is 0 Å². The van der Waals surface area contributed by atoms with Gasteiger partial charge in [0.1, 0.15) is 22.8 Å². The number of halogens is 2. The standard InChI is InChI=1S/C27H33FN2O4.C22H25FN2O2.C10H20N2O3/c1-27(2,3)34-26(33)29-16-20(23(31)17-29)10-13-24(32)30-15-14-18-6-4-5-7-22(18)25(30)19-8-11-21(28)12-9-19;23-18-8-5-16(6-9-18)22-19-4-2-1-3-15(19)11-12-25(22)21(27)10-7-17-13-24-14-20(17)26;1-10(2,3)15-9(14)12-5-7(4-11)8(13)6-12/h4-9,11-12,20,23,25,31H,10,13-17H2,1-3H3;1-6,8-9,17,20,22,24,26H,7,10-14H2;7-8,13H,4-6,11H2,1-3H3/t20-,23+,25+;17-,20+,22+;7-,8+/m111/s1. The van der Waals surface area contributed by atoms with E-state index in [9.17, 15) is 43.3 Å². The zero-order valence-electron chi connectivity index (χ0n) is 44.9. The third-order valence-corrected chi connectivity index (χ3v) is 14.8. The average molecular weight is 1050 g/mol. The monoisotopic (exact) mass is 1050 g/mol. The third-order valence-electron chi connectivity index (χ3n) is 14.8. The molecule has 17 heteroatoms. The van der Waals surface area contributed by atoms with Crippen LogP contribution in [-0.2, 0) is 31.9 Å². The molecule has 0 unspecified atom stereocenters. The summed E-state index contributed by atoms with van der Waals surface area (Å²) in [6.07, 6.45) is 1.04. The summed E-state index contributed by atoms with van der Waals surface area (Å²) in [4.78, 5) is 57.3. The minimum Gasteiger partial charge on any atom is -0.444 e. The van der Waals surface area contributed by atoms with Crippen molar-refractivity contribution in [3.05, 3.63) is 142 Å². The highest BCUT2D eigenvalue weighted by Crippen LogP contribution is 2.38. The number of carbonyl (C=O) groups excluding carboxylic acids is 4. The van der Waals surface area contributed by atoms with Crippen LogP contribution in [0.2, 0.25) is 0 Å². The summed E-state index contributed by atoms with van der Waals surface area (Å²) in [7, 11) is 0. The number of hydrogen-bond donors (Lipinski definition) is 5. The lowest BCUT2D eigenvalue weighted by atomic mass is 9.87. The van der Waals surface area contributed by atoms with Crippen LogP contribution in [0.1, 0.15) is 113 Å². The Bertz CT molecular complexity index is 2590. The normalized spacial score (nSPS) is 24.1. The van der Waals surface area contributed by atoms with E-state index in [-0.39, 0.29) is 78.4 Å². The van der Waals surface area contributed by atoms with E-state index < -0.39 is 29.5 Å². The van der Waals surface area contributed by atoms with Crippen LogP contribution >= 0.6 is 0 Å². The largest absolute Gasteiger partial charge is 0.444 e. The van der Waals surface area contributed by atoms with Gasteiger partial charge in [-0.2, -0.15) is 0 Å². The van der Waals surface area contributed by atoms with Crippen molar-refractivity contribution < 1.29 is 52.8 Å². The summed E-state index contributed by atoms with van der Waals surface area (Å²) >= 11 is 0. The van der Waals surface area contributed by atoms with E-state index in [1.54, 1.807) is 24.3 Å². The number of β-amino-alcohol motifs (C(OH)–C–C–N with tert-alkyl or cyclic N) is 3. The maximum absolute atomic E-state index is 13.6. The molecule has 0 spiro atoms. The van der Waals surface area contributed by atoms with Crippen molar-refractivity contribution in [2.24, 2.45) is 23.5 Å². The minimum absolute atomic E-state index is 0.00764. The number of benzene rings is 4. The Hall–Kier alpha value is -5.98. The van der Waals surface area contributed by atoms with Crippen LogP contribution in [-0.4, -0.2) is 147 Å². The number of rotatable bonds is 9. The van der Waals surface area contributed by atoms with Gasteiger partial charge in [0.05, 0.1) is 43.5 Å². The van der Waals surface area contributed by atoms with Gasteiger partial charge in [-0.15, -0.1) is 0 Å². The second-order valence-electron chi connectivity index (χ2n) is 22.7. The molecule has 412 valence electrons. The second-order valence-corrected chi connectivity index (χ2v) is 22.7. The highest BCUT2D eigenvalue weighted by atomic mass is 19.1. The van der Waals surface area contributed by atoms with Gasteiger partial charge < -0.3 is 55.4 Å². The lowest BCUT2D eigenvalue weighted by Crippen LogP contribution is -2.41. The first-order chi connectivity index (χ1) is 36.1. The molecule has 6 N–H and O–H groups in total. The number of fused-ring (bicyclic) bond motifs is 2. The number of amides is 4. The number of nitrogens with zero attached hydrogens (tertiary/aromatic N) is 4. The van der Waals surface area contributed by atoms with E-state index in [4.69, 9.17) is 15.2 Å². The molecule has 15 nitrogen and oxygen atoms in total. The van der Waals surface area contributed by atoms with Crippen molar-refractivity contribution in [2.75, 3.05) is 58.9 Å². The molecule has 3 saturated heterocycles. The number of nitrogens with two attached hydrogens (primary N) is 1. The van der Waals surface area contributed by atoms with Gasteiger partial charge in [0.25, 0.3) is 0 Å². The molecule has 0 bridgehead atoms. The Morgan fingerprint density at radius 3 is 1.37 bits per heavy atom. The predicted molar refractivity (Wildman–Crippen MR) is 285 cm³/mol. The molecule has 3 fully saturated rings. The Balaban J connectivity index is 0.000000178. The first-order valence-corrected chi connectivity index (χ1v) is 26.7. The highest BCUT2D eigenvalue weighted by molar-refractivity contribution is 5.78. The number of carbonyl (C=O) groups is 4. The zero-order valence-corrected chi connectivity index (χ0v) is 44.9. The number of nitrogens with one attached hydrogen (secondary N) is 1. The Kier molecular flexibility index (Phi) is 19.3. The number of hydrogen-bond acceptors (Lipinski definition) is 11. The first-order valence-electron chi connectivity index (χ1n) is 26.7. The van der Waals surface area contributed by atoms with Gasteiger partial charge in [0, 0.05) is 63.9 Å². The molecule has 0 aromatic heterocycles. The van der Waals surface area contributed by atoms with Crippen LogP contribution in [0.15, 0.2) is 97.1 Å². The molecule has 5 heterocycles. The predicted octanol–water partition coefficient (Wildman–Crippen LogP) is 7.14. The van der Waals surface area contributed by atoms with Gasteiger partial charge in [0.2, 0.25) is 11.8 Å². The van der Waals surface area contributed by atoms with Gasteiger partial charge in [-0.05, 0) is 137 Å². The van der Waals surface area contributed by atoms with Crippen LogP contribution < -0.4 is 11.1 Å². The molecule has 8 atom stereocenters. The fourth-order valence-electron chi connectivity index (χ4n) is 10.8. The summed E-state index contributed by atoms with van der Waals surface area (Å²) in [6, 6.07) is 28.6. The number of aliphatic hydroxyl groups is 3. The van der Waals surface area contributed by atoms with Crippen LogP contribution in [0.5, 0.6) is 0 Å². The third kappa shape index (κ3) is 15.1. The topological polar surface area (TPSA) is 198 Å². The maximum atomic E-state index is 13.6. The lowest BCUT2D eigenvalue weighted by molar-refractivity contribution is -0.134. The molecule has 5 aliphatic heterocycles. The van der Waals surface area contributed by atoms with Crippen molar-refractivity contribution in [3.8, 4) is 0 Å². The molecular weight excluding hydrogens is 975 g/mol. The lowest BCUT2D eigenvalue weighted by Gasteiger charge is -2.38. The van der Waals surface area contributed by atoms with Gasteiger partial charge in [-0.1, -0.05) is 72.8 Å². The van der Waals surface area contributed by atoms with Crippen molar-refractivity contribution in [2.45, 2.75) is 122 Å². The fraction of sp³-hybridized carbons (Fsp3) is 0.525. The van der Waals surface area contributed by atoms with Gasteiger partial charge in [-0.3, -0.25) is 9.59 Å². The highest BCUT2D eigenvalue weighted by Gasteiger charge is 2.39. The Labute approximate surface area is 446 Å². The van der Waals surface area contributed by atoms with Crippen LogP contribution in [0.3, 0.4) is 0 Å².